The summed E-state index contributed by atoms with van der Waals surface area (Å²) in [6.45, 7) is 3.40. The minimum atomic E-state index is -0.153. The molecule has 0 saturated carbocycles. The van der Waals surface area contributed by atoms with E-state index in [1.807, 2.05) is 12.1 Å². The quantitative estimate of drug-likeness (QED) is 0.901. The second kappa shape index (κ2) is 6.02. The fraction of sp³-hybridized carbons (Fsp3) is 0.625. The van der Waals surface area contributed by atoms with Crippen LogP contribution in [0.3, 0.4) is 0 Å². The van der Waals surface area contributed by atoms with E-state index >= 15 is 0 Å². The summed E-state index contributed by atoms with van der Waals surface area (Å²) in [6, 6.07) is 8.26. The lowest BCUT2D eigenvalue weighted by Gasteiger charge is -2.42. The molecule has 0 spiro atoms. The third kappa shape index (κ3) is 3.34. The van der Waals surface area contributed by atoms with E-state index in [4.69, 9.17) is 0 Å². The largest absolute Gasteiger partial charge is 0.310 e. The molecule has 2 saturated heterocycles. The van der Waals surface area contributed by atoms with Crippen LogP contribution in [0.1, 0.15) is 37.7 Å². The first kappa shape index (κ1) is 13.1. The summed E-state index contributed by atoms with van der Waals surface area (Å²) in [5.41, 5.74) is 1.17. The molecule has 104 valence electrons. The van der Waals surface area contributed by atoms with E-state index in [0.717, 1.165) is 12.6 Å². The number of benzene rings is 1. The van der Waals surface area contributed by atoms with E-state index in [2.05, 4.69) is 10.2 Å². The second-order valence-electron chi connectivity index (χ2n) is 5.91. The Balaban J connectivity index is 1.49. The summed E-state index contributed by atoms with van der Waals surface area (Å²) in [6.07, 6.45) is 6.67. The summed E-state index contributed by atoms with van der Waals surface area (Å²) < 4.78 is 12.8. The number of piperidine rings is 2. The molecule has 3 rings (SSSR count). The topological polar surface area (TPSA) is 15.3 Å². The van der Waals surface area contributed by atoms with Gasteiger partial charge in [-0.1, -0.05) is 18.6 Å². The Kier molecular flexibility index (Phi) is 4.14. The molecule has 2 aliphatic rings. The van der Waals surface area contributed by atoms with Gasteiger partial charge in [-0.2, -0.15) is 0 Å². The second-order valence-corrected chi connectivity index (χ2v) is 5.91. The molecule has 19 heavy (non-hydrogen) atoms. The van der Waals surface area contributed by atoms with Crippen LogP contribution in [0.5, 0.6) is 0 Å². The zero-order valence-corrected chi connectivity index (χ0v) is 11.4. The molecular formula is C16H23FN2. The number of rotatable bonds is 3. The molecule has 3 heteroatoms. The van der Waals surface area contributed by atoms with Crippen molar-refractivity contribution in [2.75, 3.05) is 13.1 Å². The molecule has 2 heterocycles. The Morgan fingerprint density at radius 1 is 1.11 bits per heavy atom. The molecule has 1 aromatic carbocycles. The zero-order valence-electron chi connectivity index (χ0n) is 11.4. The van der Waals surface area contributed by atoms with Gasteiger partial charge in [-0.05, 0) is 56.5 Å². The van der Waals surface area contributed by atoms with Crippen LogP contribution in [-0.2, 0) is 6.54 Å². The Morgan fingerprint density at radius 2 is 1.95 bits per heavy atom. The standard InChI is InChI=1S/C16H23FN2/c17-14-6-4-13(5-7-14)12-18-15-8-10-19-9-2-1-3-16(19)11-15/h4-7,15-16,18H,1-3,8-12H2. The number of hydrogen-bond acceptors (Lipinski definition) is 2. The maximum absolute atomic E-state index is 12.8. The highest BCUT2D eigenvalue weighted by molar-refractivity contribution is 5.15. The van der Waals surface area contributed by atoms with E-state index in [0.29, 0.717) is 6.04 Å². The lowest BCUT2D eigenvalue weighted by Crippen LogP contribution is -2.50. The summed E-state index contributed by atoms with van der Waals surface area (Å²) >= 11 is 0. The van der Waals surface area contributed by atoms with Crippen molar-refractivity contribution in [3.8, 4) is 0 Å². The first-order chi connectivity index (χ1) is 9.31. The monoisotopic (exact) mass is 262 g/mol. The minimum Gasteiger partial charge on any atom is -0.310 e. The maximum Gasteiger partial charge on any atom is 0.123 e. The molecule has 1 aromatic rings. The summed E-state index contributed by atoms with van der Waals surface area (Å²) in [5.74, 6) is -0.153. The predicted molar refractivity (Wildman–Crippen MR) is 75.5 cm³/mol. The van der Waals surface area contributed by atoms with E-state index < -0.39 is 0 Å². The van der Waals surface area contributed by atoms with Crippen molar-refractivity contribution in [2.45, 2.75) is 50.7 Å². The van der Waals surface area contributed by atoms with Crippen molar-refractivity contribution in [3.63, 3.8) is 0 Å². The molecule has 0 amide bonds. The number of fused-ring (bicyclic) bond motifs is 1. The van der Waals surface area contributed by atoms with Crippen LogP contribution in [0.25, 0.3) is 0 Å². The van der Waals surface area contributed by atoms with Crippen LogP contribution < -0.4 is 5.32 Å². The van der Waals surface area contributed by atoms with Gasteiger partial charge >= 0.3 is 0 Å². The van der Waals surface area contributed by atoms with Gasteiger partial charge in [0.15, 0.2) is 0 Å². The van der Waals surface area contributed by atoms with Crippen LogP contribution in [0, 0.1) is 5.82 Å². The lowest BCUT2D eigenvalue weighted by atomic mass is 9.90. The number of halogens is 1. The number of nitrogens with zero attached hydrogens (tertiary/aromatic N) is 1. The fourth-order valence-corrected chi connectivity index (χ4v) is 3.44. The Morgan fingerprint density at radius 3 is 2.79 bits per heavy atom. The highest BCUT2D eigenvalue weighted by Gasteiger charge is 2.29. The van der Waals surface area contributed by atoms with Gasteiger partial charge < -0.3 is 10.2 Å². The molecule has 0 bridgehead atoms. The maximum atomic E-state index is 12.8. The van der Waals surface area contributed by atoms with Crippen molar-refractivity contribution in [1.29, 1.82) is 0 Å². The first-order valence-electron chi connectivity index (χ1n) is 7.53. The predicted octanol–water partition coefficient (Wildman–Crippen LogP) is 2.93. The molecule has 1 N–H and O–H groups in total. The van der Waals surface area contributed by atoms with Crippen molar-refractivity contribution in [2.24, 2.45) is 0 Å². The minimum absolute atomic E-state index is 0.153. The summed E-state index contributed by atoms with van der Waals surface area (Å²) in [7, 11) is 0. The smallest absolute Gasteiger partial charge is 0.123 e. The van der Waals surface area contributed by atoms with Gasteiger partial charge in [-0.3, -0.25) is 0 Å². The van der Waals surface area contributed by atoms with Gasteiger partial charge in [0.05, 0.1) is 0 Å². The molecular weight excluding hydrogens is 239 g/mol. The van der Waals surface area contributed by atoms with Crippen LogP contribution in [0.4, 0.5) is 4.39 Å². The number of hydrogen-bond donors (Lipinski definition) is 1. The Bertz CT molecular complexity index is 404. The molecule has 2 nitrogen and oxygen atoms in total. The average molecular weight is 262 g/mol. The highest BCUT2D eigenvalue weighted by Crippen LogP contribution is 2.26. The van der Waals surface area contributed by atoms with Crippen molar-refractivity contribution >= 4 is 0 Å². The molecule has 0 aliphatic carbocycles. The van der Waals surface area contributed by atoms with Crippen molar-refractivity contribution < 1.29 is 4.39 Å². The van der Waals surface area contributed by atoms with Crippen LogP contribution >= 0.6 is 0 Å². The molecule has 2 unspecified atom stereocenters. The van der Waals surface area contributed by atoms with E-state index in [1.54, 1.807) is 12.1 Å². The van der Waals surface area contributed by atoms with Crippen LogP contribution in [-0.4, -0.2) is 30.1 Å². The molecule has 2 fully saturated rings. The Labute approximate surface area is 115 Å². The van der Waals surface area contributed by atoms with Crippen molar-refractivity contribution in [1.82, 2.24) is 10.2 Å². The van der Waals surface area contributed by atoms with Gasteiger partial charge in [-0.15, -0.1) is 0 Å². The van der Waals surface area contributed by atoms with E-state index in [1.165, 1.54) is 50.8 Å². The highest BCUT2D eigenvalue weighted by atomic mass is 19.1. The fourth-order valence-electron chi connectivity index (χ4n) is 3.44. The first-order valence-corrected chi connectivity index (χ1v) is 7.53. The lowest BCUT2D eigenvalue weighted by molar-refractivity contribution is 0.0896. The average Bonchev–Trinajstić information content (AvgIpc) is 2.46. The van der Waals surface area contributed by atoms with Crippen molar-refractivity contribution in [3.05, 3.63) is 35.6 Å². The van der Waals surface area contributed by atoms with Gasteiger partial charge in [-0.25, -0.2) is 4.39 Å². The van der Waals surface area contributed by atoms with Gasteiger partial charge in [0.2, 0.25) is 0 Å². The van der Waals surface area contributed by atoms with Crippen LogP contribution in [0.2, 0.25) is 0 Å². The van der Waals surface area contributed by atoms with Crippen LogP contribution in [0.15, 0.2) is 24.3 Å². The molecule has 2 atom stereocenters. The SMILES string of the molecule is Fc1ccc(CNC2CCN3CCCCC3C2)cc1. The summed E-state index contributed by atoms with van der Waals surface area (Å²) in [5, 5.41) is 3.64. The third-order valence-corrected chi connectivity index (χ3v) is 4.58. The molecule has 2 aliphatic heterocycles. The van der Waals surface area contributed by atoms with E-state index in [-0.39, 0.29) is 5.82 Å². The molecule has 0 radical (unpaired) electrons. The Hall–Kier alpha value is -0.930. The normalized spacial score (nSPS) is 28.1. The van der Waals surface area contributed by atoms with Gasteiger partial charge in [0, 0.05) is 18.6 Å². The molecule has 0 aromatic heterocycles. The zero-order chi connectivity index (χ0) is 13.1. The number of nitrogens with one attached hydrogen (secondary N) is 1. The third-order valence-electron chi connectivity index (χ3n) is 4.58. The van der Waals surface area contributed by atoms with Gasteiger partial charge in [0.25, 0.3) is 0 Å². The van der Waals surface area contributed by atoms with Gasteiger partial charge in [0.1, 0.15) is 5.82 Å². The summed E-state index contributed by atoms with van der Waals surface area (Å²) in [4.78, 5) is 2.67. The van der Waals surface area contributed by atoms with E-state index in [9.17, 15) is 4.39 Å².